The fourth-order valence-corrected chi connectivity index (χ4v) is 1.66. The third-order valence-electron chi connectivity index (χ3n) is 2.38. The summed E-state index contributed by atoms with van der Waals surface area (Å²) in [7, 11) is 0. The predicted octanol–water partition coefficient (Wildman–Crippen LogP) is 3.68. The van der Waals surface area contributed by atoms with Crippen molar-refractivity contribution in [2.45, 2.75) is 0 Å². The van der Waals surface area contributed by atoms with Crippen LogP contribution in [-0.2, 0) is 0 Å². The van der Waals surface area contributed by atoms with E-state index in [4.69, 9.17) is 22.6 Å². The number of hydrogen-bond donors (Lipinski definition) is 2. The molecule has 0 aliphatic carbocycles. The quantitative estimate of drug-likeness (QED) is 0.811. The Bertz CT molecular complexity index is 635. The number of nitrogen functional groups attached to an aromatic ring is 1. The van der Waals surface area contributed by atoms with E-state index < -0.39 is 5.82 Å². The average molecular weight is 262 g/mol. The summed E-state index contributed by atoms with van der Waals surface area (Å²) in [5, 5.41) is 12.0. The molecule has 2 rings (SSSR count). The third-order valence-corrected chi connectivity index (χ3v) is 2.61. The molecule has 0 heterocycles. The summed E-state index contributed by atoms with van der Waals surface area (Å²) in [5.41, 5.74) is 7.34. The van der Waals surface area contributed by atoms with Gasteiger partial charge in [0.05, 0.1) is 28.7 Å². The monoisotopic (exact) mass is 261 g/mol. The van der Waals surface area contributed by atoms with Gasteiger partial charge in [0.2, 0.25) is 0 Å². The van der Waals surface area contributed by atoms with Crippen molar-refractivity contribution in [1.82, 2.24) is 0 Å². The molecule has 0 atom stereocenters. The standard InChI is InChI=1S/C13H9ClFN3/c14-9-2-3-10(15)13(6-9)18-12-4-1-8(7-16)5-11(12)17/h1-6,18H,17H2. The van der Waals surface area contributed by atoms with Crippen LogP contribution >= 0.6 is 11.6 Å². The number of hydrogen-bond acceptors (Lipinski definition) is 3. The maximum atomic E-state index is 13.5. The molecule has 0 radical (unpaired) electrons. The Hall–Kier alpha value is -2.25. The number of anilines is 3. The molecular weight excluding hydrogens is 253 g/mol. The molecule has 0 bridgehead atoms. The average Bonchev–Trinajstić information content (AvgIpc) is 2.36. The molecule has 0 unspecified atom stereocenters. The lowest BCUT2D eigenvalue weighted by Gasteiger charge is -2.10. The molecule has 0 saturated carbocycles. The second-order valence-corrected chi connectivity index (χ2v) is 4.10. The van der Waals surface area contributed by atoms with E-state index in [2.05, 4.69) is 5.32 Å². The zero-order valence-electron chi connectivity index (χ0n) is 9.24. The van der Waals surface area contributed by atoms with Crippen LogP contribution in [0.1, 0.15) is 5.56 Å². The number of nitrogens with two attached hydrogens (primary N) is 1. The number of rotatable bonds is 2. The van der Waals surface area contributed by atoms with Crippen molar-refractivity contribution in [3.05, 3.63) is 52.8 Å². The van der Waals surface area contributed by atoms with Crippen molar-refractivity contribution in [3.63, 3.8) is 0 Å². The molecule has 2 aromatic carbocycles. The largest absolute Gasteiger partial charge is 0.397 e. The van der Waals surface area contributed by atoms with Crippen LogP contribution in [0, 0.1) is 17.1 Å². The van der Waals surface area contributed by atoms with E-state index in [0.717, 1.165) is 0 Å². The minimum atomic E-state index is -0.428. The normalized spacial score (nSPS) is 9.83. The first kappa shape index (κ1) is 12.2. The van der Waals surface area contributed by atoms with Crippen molar-refractivity contribution in [2.24, 2.45) is 0 Å². The number of nitriles is 1. The highest BCUT2D eigenvalue weighted by Gasteiger charge is 2.06. The zero-order chi connectivity index (χ0) is 13.1. The summed E-state index contributed by atoms with van der Waals surface area (Å²) in [6.07, 6.45) is 0. The van der Waals surface area contributed by atoms with Crippen LogP contribution in [0.5, 0.6) is 0 Å². The fraction of sp³-hybridized carbons (Fsp3) is 0. The van der Waals surface area contributed by atoms with Crippen molar-refractivity contribution >= 4 is 28.7 Å². The molecule has 90 valence electrons. The van der Waals surface area contributed by atoms with Gasteiger partial charge in [-0.05, 0) is 36.4 Å². The van der Waals surface area contributed by atoms with Crippen LogP contribution in [-0.4, -0.2) is 0 Å². The van der Waals surface area contributed by atoms with Gasteiger partial charge in [0.1, 0.15) is 5.82 Å². The molecule has 2 aromatic rings. The maximum absolute atomic E-state index is 13.5. The van der Waals surface area contributed by atoms with Crippen molar-refractivity contribution in [1.29, 1.82) is 5.26 Å². The number of nitrogens with one attached hydrogen (secondary N) is 1. The van der Waals surface area contributed by atoms with E-state index in [9.17, 15) is 4.39 Å². The van der Waals surface area contributed by atoms with E-state index in [1.165, 1.54) is 24.3 Å². The maximum Gasteiger partial charge on any atom is 0.146 e. The van der Waals surface area contributed by atoms with Gasteiger partial charge in [0.25, 0.3) is 0 Å². The number of nitrogens with zero attached hydrogens (tertiary/aromatic N) is 1. The highest BCUT2D eigenvalue weighted by Crippen LogP contribution is 2.27. The van der Waals surface area contributed by atoms with E-state index >= 15 is 0 Å². The van der Waals surface area contributed by atoms with Crippen molar-refractivity contribution < 1.29 is 4.39 Å². The Balaban J connectivity index is 2.34. The summed E-state index contributed by atoms with van der Waals surface area (Å²) in [4.78, 5) is 0. The van der Waals surface area contributed by atoms with E-state index in [1.54, 1.807) is 12.1 Å². The topological polar surface area (TPSA) is 61.8 Å². The molecule has 3 nitrogen and oxygen atoms in total. The summed E-state index contributed by atoms with van der Waals surface area (Å²) >= 11 is 5.79. The van der Waals surface area contributed by atoms with Crippen LogP contribution < -0.4 is 11.1 Å². The Morgan fingerprint density at radius 1 is 1.17 bits per heavy atom. The lowest BCUT2D eigenvalue weighted by Crippen LogP contribution is -1.98. The molecule has 0 aliphatic heterocycles. The van der Waals surface area contributed by atoms with Crippen LogP contribution in [0.15, 0.2) is 36.4 Å². The summed E-state index contributed by atoms with van der Waals surface area (Å²) < 4.78 is 13.5. The van der Waals surface area contributed by atoms with E-state index in [0.29, 0.717) is 22.0 Å². The third kappa shape index (κ3) is 2.53. The van der Waals surface area contributed by atoms with Crippen LogP contribution in [0.3, 0.4) is 0 Å². The molecule has 5 heteroatoms. The van der Waals surface area contributed by atoms with Gasteiger partial charge in [-0.3, -0.25) is 0 Å². The second-order valence-electron chi connectivity index (χ2n) is 3.66. The van der Waals surface area contributed by atoms with Gasteiger partial charge in [-0.1, -0.05) is 11.6 Å². The molecule has 3 N–H and O–H groups in total. The molecule has 18 heavy (non-hydrogen) atoms. The Morgan fingerprint density at radius 3 is 2.61 bits per heavy atom. The van der Waals surface area contributed by atoms with Gasteiger partial charge >= 0.3 is 0 Å². The Kier molecular flexibility index (Phi) is 3.35. The van der Waals surface area contributed by atoms with Gasteiger partial charge in [-0.25, -0.2) is 4.39 Å². The minimum Gasteiger partial charge on any atom is -0.397 e. The molecule has 0 fully saturated rings. The van der Waals surface area contributed by atoms with Crippen molar-refractivity contribution in [3.8, 4) is 6.07 Å². The van der Waals surface area contributed by atoms with Gasteiger partial charge in [0.15, 0.2) is 0 Å². The minimum absolute atomic E-state index is 0.235. The molecule has 0 saturated heterocycles. The van der Waals surface area contributed by atoms with Gasteiger partial charge in [-0.2, -0.15) is 5.26 Å². The number of benzene rings is 2. The molecule has 0 aliphatic rings. The lowest BCUT2D eigenvalue weighted by atomic mass is 10.2. The molecule has 0 aromatic heterocycles. The van der Waals surface area contributed by atoms with E-state index in [-0.39, 0.29) is 5.69 Å². The summed E-state index contributed by atoms with van der Waals surface area (Å²) in [6.45, 7) is 0. The molecule has 0 amide bonds. The van der Waals surface area contributed by atoms with Gasteiger partial charge in [-0.15, -0.1) is 0 Å². The first-order valence-corrected chi connectivity index (χ1v) is 5.49. The predicted molar refractivity (Wildman–Crippen MR) is 70.3 cm³/mol. The second kappa shape index (κ2) is 4.94. The summed E-state index contributed by atoms with van der Waals surface area (Å²) in [5.74, 6) is -0.428. The van der Waals surface area contributed by atoms with E-state index in [1.807, 2.05) is 6.07 Å². The number of halogens is 2. The first-order chi connectivity index (χ1) is 8.60. The van der Waals surface area contributed by atoms with Crippen LogP contribution in [0.4, 0.5) is 21.5 Å². The van der Waals surface area contributed by atoms with Gasteiger partial charge < -0.3 is 11.1 Å². The summed E-state index contributed by atoms with van der Waals surface area (Å²) in [6, 6.07) is 10.9. The Labute approximate surface area is 109 Å². The Morgan fingerprint density at radius 2 is 1.94 bits per heavy atom. The molecule has 0 spiro atoms. The fourth-order valence-electron chi connectivity index (χ4n) is 1.48. The first-order valence-electron chi connectivity index (χ1n) is 5.12. The van der Waals surface area contributed by atoms with Crippen molar-refractivity contribution in [2.75, 3.05) is 11.1 Å². The van der Waals surface area contributed by atoms with Crippen LogP contribution in [0.2, 0.25) is 5.02 Å². The lowest BCUT2D eigenvalue weighted by molar-refractivity contribution is 0.632. The smallest absolute Gasteiger partial charge is 0.146 e. The highest BCUT2D eigenvalue weighted by molar-refractivity contribution is 6.30. The molecular formula is C13H9ClFN3. The van der Waals surface area contributed by atoms with Crippen LogP contribution in [0.25, 0.3) is 0 Å². The van der Waals surface area contributed by atoms with Gasteiger partial charge in [0, 0.05) is 5.02 Å². The SMILES string of the molecule is N#Cc1ccc(Nc2cc(Cl)ccc2F)c(N)c1. The highest BCUT2D eigenvalue weighted by atomic mass is 35.5. The zero-order valence-corrected chi connectivity index (χ0v) is 10.0.